The van der Waals surface area contributed by atoms with Crippen LogP contribution in [0.5, 0.6) is 0 Å². The van der Waals surface area contributed by atoms with Crippen molar-refractivity contribution < 1.29 is 34.3 Å². The fourth-order valence-electron chi connectivity index (χ4n) is 10.2. The van der Waals surface area contributed by atoms with Gasteiger partial charge < -0.3 is 34.4 Å². The third-order valence-corrected chi connectivity index (χ3v) is 12.2. The molecule has 5 aliphatic rings. The van der Waals surface area contributed by atoms with Gasteiger partial charge in [-0.25, -0.2) is 0 Å². The first-order valence-corrected chi connectivity index (χ1v) is 14.5. The minimum absolute atomic E-state index is 0.00324. The minimum Gasteiger partial charge on any atom is -0.469 e. The zero-order valence-electron chi connectivity index (χ0n) is 23.6. The van der Waals surface area contributed by atoms with E-state index in [9.17, 15) is 20.1 Å². The Morgan fingerprint density at radius 3 is 2.32 bits per heavy atom. The lowest BCUT2D eigenvalue weighted by atomic mass is 9.42. The van der Waals surface area contributed by atoms with Crippen LogP contribution >= 0.6 is 0 Å². The van der Waals surface area contributed by atoms with E-state index < -0.39 is 30.7 Å². The van der Waals surface area contributed by atoms with E-state index >= 15 is 0 Å². The van der Waals surface area contributed by atoms with Crippen LogP contribution < -0.4 is 0 Å². The fourth-order valence-corrected chi connectivity index (χ4v) is 10.2. The van der Waals surface area contributed by atoms with Crippen molar-refractivity contribution in [3.63, 3.8) is 0 Å². The second kappa shape index (κ2) is 9.70. The maximum atomic E-state index is 12.9. The Kier molecular flexibility index (Phi) is 7.28. The topological polar surface area (TPSA) is 109 Å². The van der Waals surface area contributed by atoms with Crippen LogP contribution in [-0.2, 0) is 19.0 Å². The number of carbonyl (C=O) groups excluding carboxylic acids is 1. The summed E-state index contributed by atoms with van der Waals surface area (Å²) in [6.07, 6.45) is 4.16. The Labute approximate surface area is 222 Å². The van der Waals surface area contributed by atoms with Gasteiger partial charge in [-0.15, -0.1) is 0 Å². The number of carbonyl (C=O) groups is 1. The largest absolute Gasteiger partial charge is 0.469 e. The molecule has 1 heterocycles. The van der Waals surface area contributed by atoms with Gasteiger partial charge in [0.05, 0.1) is 25.2 Å². The van der Waals surface area contributed by atoms with Gasteiger partial charge in [0, 0.05) is 5.54 Å². The molecule has 0 spiro atoms. The van der Waals surface area contributed by atoms with Crippen LogP contribution in [0.2, 0.25) is 0 Å². The number of aliphatic hydroxyl groups is 3. The van der Waals surface area contributed by atoms with Crippen LogP contribution in [0.25, 0.3) is 0 Å². The number of nitrogens with zero attached hydrogens (tertiary/aromatic N) is 1. The smallest absolute Gasteiger partial charge is 0.309 e. The van der Waals surface area contributed by atoms with E-state index in [4.69, 9.17) is 14.2 Å². The zero-order chi connectivity index (χ0) is 26.9. The molecule has 8 heteroatoms. The summed E-state index contributed by atoms with van der Waals surface area (Å²) in [5.41, 5.74) is 0.138. The first kappa shape index (κ1) is 27.8. The molecule has 212 valence electrons. The molecule has 5 fully saturated rings. The second-order valence-corrected chi connectivity index (χ2v) is 13.6. The molecule has 1 aliphatic heterocycles. The van der Waals surface area contributed by atoms with Crippen molar-refractivity contribution in [3.05, 3.63) is 0 Å². The van der Waals surface area contributed by atoms with Crippen molar-refractivity contribution in [3.8, 4) is 0 Å². The summed E-state index contributed by atoms with van der Waals surface area (Å²) >= 11 is 0. The van der Waals surface area contributed by atoms with Crippen LogP contribution in [0.4, 0.5) is 0 Å². The maximum Gasteiger partial charge on any atom is 0.309 e. The normalized spacial score (nSPS) is 53.8. The first-order chi connectivity index (χ1) is 17.4. The van der Waals surface area contributed by atoms with E-state index in [0.717, 1.165) is 57.8 Å². The van der Waals surface area contributed by atoms with Crippen molar-refractivity contribution in [1.82, 2.24) is 4.90 Å². The number of esters is 1. The van der Waals surface area contributed by atoms with Gasteiger partial charge in [0.15, 0.2) is 6.29 Å². The monoisotopic (exact) mass is 523 g/mol. The van der Waals surface area contributed by atoms with E-state index in [0.29, 0.717) is 17.8 Å². The third-order valence-electron chi connectivity index (χ3n) is 12.2. The Bertz CT molecular complexity index is 869. The van der Waals surface area contributed by atoms with Gasteiger partial charge >= 0.3 is 5.97 Å². The molecule has 0 amide bonds. The quantitative estimate of drug-likeness (QED) is 0.381. The highest BCUT2D eigenvalue weighted by molar-refractivity contribution is 5.74. The minimum atomic E-state index is -1.27. The molecular weight excluding hydrogens is 474 g/mol. The highest BCUT2D eigenvalue weighted by atomic mass is 16.7. The standard InChI is InChI=1S/C29H49NO7/c1-16-22(31)23(32)24(33)26(36-16)37-18-9-12-27(2)17(15-18)7-8-20-19(27)10-13-28(3)21(25(34)35-6)11-14-29(20,28)30(4)5/h16-24,26,31-33H,7-15H2,1-6H3/t16-,17?,18-,19-,20+,21+,22-,23+,24+,26-,27-,28+,29?/m0/s1. The van der Waals surface area contributed by atoms with Crippen LogP contribution in [0.15, 0.2) is 0 Å². The number of methoxy groups -OCH3 is 1. The molecule has 1 saturated heterocycles. The van der Waals surface area contributed by atoms with Crippen molar-refractivity contribution in [2.75, 3.05) is 21.2 Å². The molecular formula is C29H49NO7. The molecule has 13 atom stereocenters. The Morgan fingerprint density at radius 1 is 0.919 bits per heavy atom. The summed E-state index contributed by atoms with van der Waals surface area (Å²) in [7, 11) is 5.98. The Balaban J connectivity index is 1.33. The Morgan fingerprint density at radius 2 is 1.65 bits per heavy atom. The lowest BCUT2D eigenvalue weighted by molar-refractivity contribution is -0.310. The number of ether oxygens (including phenoxy) is 3. The Hall–Kier alpha value is -0.770. The average molecular weight is 524 g/mol. The van der Waals surface area contributed by atoms with E-state index in [1.54, 1.807) is 6.92 Å². The summed E-state index contributed by atoms with van der Waals surface area (Å²) in [6, 6.07) is 0. The summed E-state index contributed by atoms with van der Waals surface area (Å²) in [5.74, 6) is 1.61. The predicted octanol–water partition coefficient (Wildman–Crippen LogP) is 2.72. The van der Waals surface area contributed by atoms with E-state index in [-0.39, 0.29) is 34.4 Å². The van der Waals surface area contributed by atoms with E-state index in [1.165, 1.54) is 7.11 Å². The fraction of sp³-hybridized carbons (Fsp3) is 0.966. The predicted molar refractivity (Wildman–Crippen MR) is 137 cm³/mol. The van der Waals surface area contributed by atoms with Crippen LogP contribution in [0.3, 0.4) is 0 Å². The third kappa shape index (κ3) is 3.95. The molecule has 0 aromatic rings. The molecule has 4 aliphatic carbocycles. The molecule has 0 aromatic carbocycles. The molecule has 3 N–H and O–H groups in total. The van der Waals surface area contributed by atoms with Crippen molar-refractivity contribution in [2.24, 2.45) is 34.5 Å². The number of hydrogen-bond donors (Lipinski definition) is 3. The SMILES string of the molecule is COC(=O)[C@H]1CCC2(N(C)C)[C@@H]3CCC4C[C@@H](O[C@@H]5O[C@@H](C)[C@H](O)[C@@H](O)[C@H]5O)CC[C@]4(C)[C@H]3CC[C@]12C. The average Bonchev–Trinajstić information content (AvgIpc) is 3.19. The van der Waals surface area contributed by atoms with Crippen molar-refractivity contribution in [2.45, 2.75) is 121 Å². The molecule has 0 aromatic heterocycles. The molecule has 8 nitrogen and oxygen atoms in total. The van der Waals surface area contributed by atoms with Crippen LogP contribution in [0.1, 0.15) is 78.6 Å². The van der Waals surface area contributed by atoms with Gasteiger partial charge in [-0.05, 0) is 107 Å². The van der Waals surface area contributed by atoms with Gasteiger partial charge in [-0.2, -0.15) is 0 Å². The van der Waals surface area contributed by atoms with Gasteiger partial charge in [0.25, 0.3) is 0 Å². The van der Waals surface area contributed by atoms with Gasteiger partial charge in [0.1, 0.15) is 18.3 Å². The molecule has 5 rings (SSSR count). The summed E-state index contributed by atoms with van der Waals surface area (Å²) in [6.45, 7) is 6.55. The number of rotatable bonds is 4. The van der Waals surface area contributed by atoms with E-state index in [1.807, 2.05) is 0 Å². The van der Waals surface area contributed by atoms with Crippen molar-refractivity contribution in [1.29, 1.82) is 0 Å². The summed E-state index contributed by atoms with van der Waals surface area (Å²) in [4.78, 5) is 15.3. The highest BCUT2D eigenvalue weighted by Crippen LogP contribution is 2.70. The molecule has 2 unspecified atom stereocenters. The second-order valence-electron chi connectivity index (χ2n) is 13.6. The molecule has 37 heavy (non-hydrogen) atoms. The number of fused-ring (bicyclic) bond motifs is 5. The van der Waals surface area contributed by atoms with Crippen LogP contribution in [0, 0.1) is 34.5 Å². The number of aliphatic hydroxyl groups excluding tert-OH is 3. The summed E-state index contributed by atoms with van der Waals surface area (Å²) in [5, 5.41) is 30.7. The van der Waals surface area contributed by atoms with Gasteiger partial charge in [-0.3, -0.25) is 4.79 Å². The highest BCUT2D eigenvalue weighted by Gasteiger charge is 2.69. The number of hydrogen-bond acceptors (Lipinski definition) is 8. The molecule has 0 radical (unpaired) electrons. The van der Waals surface area contributed by atoms with Crippen LogP contribution in [-0.4, -0.2) is 89.7 Å². The lowest BCUT2D eigenvalue weighted by Gasteiger charge is -2.67. The van der Waals surface area contributed by atoms with Gasteiger partial charge in [-0.1, -0.05) is 13.8 Å². The first-order valence-electron chi connectivity index (χ1n) is 14.5. The maximum absolute atomic E-state index is 12.9. The summed E-state index contributed by atoms with van der Waals surface area (Å²) < 4.78 is 17.3. The lowest BCUT2D eigenvalue weighted by Crippen LogP contribution is -2.68. The molecule has 0 bridgehead atoms. The zero-order valence-corrected chi connectivity index (χ0v) is 23.6. The van der Waals surface area contributed by atoms with E-state index in [2.05, 4.69) is 32.8 Å². The molecule has 4 saturated carbocycles. The van der Waals surface area contributed by atoms with Gasteiger partial charge in [0.2, 0.25) is 0 Å². The van der Waals surface area contributed by atoms with Crippen molar-refractivity contribution >= 4 is 5.97 Å².